The first-order valence-corrected chi connectivity index (χ1v) is 4.82. The summed E-state index contributed by atoms with van der Waals surface area (Å²) < 4.78 is 18.3. The van der Waals surface area contributed by atoms with Gasteiger partial charge in [-0.2, -0.15) is 0 Å². The number of benzene rings is 1. The third-order valence-corrected chi connectivity index (χ3v) is 2.42. The molecule has 1 fully saturated rings. The molecule has 1 N–H and O–H groups in total. The van der Waals surface area contributed by atoms with E-state index in [0.29, 0.717) is 12.6 Å². The van der Waals surface area contributed by atoms with Crippen molar-refractivity contribution in [1.82, 2.24) is 5.32 Å². The van der Waals surface area contributed by atoms with Crippen LogP contribution in [0.3, 0.4) is 0 Å². The molecule has 0 unspecified atom stereocenters. The molecular formula is C11H14FNO. The van der Waals surface area contributed by atoms with Gasteiger partial charge in [-0.25, -0.2) is 4.39 Å². The lowest BCUT2D eigenvalue weighted by atomic mass is 10.1. The van der Waals surface area contributed by atoms with E-state index in [-0.39, 0.29) is 5.82 Å². The molecule has 0 radical (unpaired) electrons. The minimum atomic E-state index is -0.136. The van der Waals surface area contributed by atoms with E-state index in [1.54, 1.807) is 6.07 Å². The van der Waals surface area contributed by atoms with Gasteiger partial charge in [0.2, 0.25) is 0 Å². The van der Waals surface area contributed by atoms with E-state index >= 15 is 0 Å². The summed E-state index contributed by atoms with van der Waals surface area (Å²) in [6.07, 6.45) is 0. The van der Waals surface area contributed by atoms with Gasteiger partial charge >= 0.3 is 0 Å². The molecule has 1 aliphatic heterocycles. The van der Waals surface area contributed by atoms with Crippen LogP contribution in [-0.4, -0.2) is 19.3 Å². The van der Waals surface area contributed by atoms with Crippen molar-refractivity contribution in [2.75, 3.05) is 13.2 Å². The lowest BCUT2D eigenvalue weighted by Gasteiger charge is -2.27. The molecule has 0 aliphatic carbocycles. The minimum absolute atomic E-state index is 0.136. The van der Waals surface area contributed by atoms with Crippen molar-refractivity contribution in [3.63, 3.8) is 0 Å². The van der Waals surface area contributed by atoms with Crippen LogP contribution in [0.4, 0.5) is 4.39 Å². The Labute approximate surface area is 83.1 Å². The highest BCUT2D eigenvalue weighted by Gasteiger charge is 2.17. The molecule has 0 aromatic heterocycles. The van der Waals surface area contributed by atoms with Gasteiger partial charge in [0.15, 0.2) is 0 Å². The van der Waals surface area contributed by atoms with Gasteiger partial charge < -0.3 is 10.1 Å². The zero-order chi connectivity index (χ0) is 9.97. The van der Waals surface area contributed by atoms with Crippen LogP contribution in [0.2, 0.25) is 0 Å². The van der Waals surface area contributed by atoms with Crippen LogP contribution in [0.1, 0.15) is 11.1 Å². The molecule has 1 aliphatic rings. The van der Waals surface area contributed by atoms with E-state index in [9.17, 15) is 4.39 Å². The average molecular weight is 195 g/mol. The maximum Gasteiger partial charge on any atom is 0.127 e. The average Bonchev–Trinajstić information content (AvgIpc) is 2.08. The smallest absolute Gasteiger partial charge is 0.127 e. The number of hydrogen-bond acceptors (Lipinski definition) is 2. The minimum Gasteiger partial charge on any atom is -0.378 e. The van der Waals surface area contributed by atoms with Crippen molar-refractivity contribution >= 4 is 0 Å². The fourth-order valence-electron chi connectivity index (χ4n) is 1.45. The fourth-order valence-corrected chi connectivity index (χ4v) is 1.45. The second kappa shape index (κ2) is 4.07. The molecule has 2 rings (SSSR count). The summed E-state index contributed by atoms with van der Waals surface area (Å²) >= 11 is 0. The second-order valence-corrected chi connectivity index (χ2v) is 3.71. The Morgan fingerprint density at radius 3 is 2.93 bits per heavy atom. The van der Waals surface area contributed by atoms with Crippen LogP contribution < -0.4 is 5.32 Å². The molecule has 1 saturated heterocycles. The summed E-state index contributed by atoms with van der Waals surface area (Å²) in [5.41, 5.74) is 1.82. The Balaban J connectivity index is 1.96. The molecule has 0 amide bonds. The number of rotatable bonds is 3. The van der Waals surface area contributed by atoms with Crippen LogP contribution >= 0.6 is 0 Å². The molecule has 3 heteroatoms. The highest BCUT2D eigenvalue weighted by Crippen LogP contribution is 2.10. The zero-order valence-corrected chi connectivity index (χ0v) is 8.22. The first-order valence-electron chi connectivity index (χ1n) is 4.82. The number of halogens is 1. The van der Waals surface area contributed by atoms with E-state index in [4.69, 9.17) is 4.74 Å². The Hall–Kier alpha value is -0.930. The van der Waals surface area contributed by atoms with Crippen molar-refractivity contribution < 1.29 is 9.13 Å². The van der Waals surface area contributed by atoms with Crippen LogP contribution in [0.5, 0.6) is 0 Å². The maximum absolute atomic E-state index is 13.3. The molecule has 76 valence electrons. The molecule has 1 aromatic carbocycles. The van der Waals surface area contributed by atoms with Crippen LogP contribution in [-0.2, 0) is 11.3 Å². The second-order valence-electron chi connectivity index (χ2n) is 3.71. The van der Waals surface area contributed by atoms with Crippen molar-refractivity contribution in [1.29, 1.82) is 0 Å². The normalized spacial score (nSPS) is 16.7. The Morgan fingerprint density at radius 1 is 1.50 bits per heavy atom. The monoisotopic (exact) mass is 195 g/mol. The summed E-state index contributed by atoms with van der Waals surface area (Å²) in [6.45, 7) is 4.04. The van der Waals surface area contributed by atoms with Gasteiger partial charge in [-0.1, -0.05) is 17.7 Å². The molecule has 0 bridgehead atoms. The van der Waals surface area contributed by atoms with Gasteiger partial charge in [-0.15, -0.1) is 0 Å². The quantitative estimate of drug-likeness (QED) is 0.791. The van der Waals surface area contributed by atoms with Crippen molar-refractivity contribution in [3.8, 4) is 0 Å². The third kappa shape index (κ3) is 2.11. The highest BCUT2D eigenvalue weighted by molar-refractivity contribution is 5.23. The van der Waals surface area contributed by atoms with Gasteiger partial charge in [0.1, 0.15) is 5.82 Å². The third-order valence-electron chi connectivity index (χ3n) is 2.42. The van der Waals surface area contributed by atoms with Gasteiger partial charge in [0.25, 0.3) is 0 Å². The summed E-state index contributed by atoms with van der Waals surface area (Å²) in [5, 5.41) is 3.24. The predicted molar refractivity (Wildman–Crippen MR) is 52.6 cm³/mol. The summed E-state index contributed by atoms with van der Waals surface area (Å²) in [5.74, 6) is -0.136. The summed E-state index contributed by atoms with van der Waals surface area (Å²) in [6, 6.07) is 5.58. The van der Waals surface area contributed by atoms with Gasteiger partial charge in [0, 0.05) is 12.1 Å². The van der Waals surface area contributed by atoms with Crippen LogP contribution in [0.15, 0.2) is 18.2 Å². The molecule has 1 aromatic rings. The number of hydrogen-bond donors (Lipinski definition) is 1. The van der Waals surface area contributed by atoms with Crippen molar-refractivity contribution in [2.24, 2.45) is 0 Å². The topological polar surface area (TPSA) is 21.3 Å². The zero-order valence-electron chi connectivity index (χ0n) is 8.22. The highest BCUT2D eigenvalue weighted by atomic mass is 19.1. The fraction of sp³-hybridized carbons (Fsp3) is 0.455. The standard InChI is InChI=1S/C11H14FNO/c1-8-2-3-11(12)9(4-8)5-13-10-6-14-7-10/h2-4,10,13H,5-7H2,1H3. The molecule has 14 heavy (non-hydrogen) atoms. The molecule has 0 spiro atoms. The molecule has 2 nitrogen and oxygen atoms in total. The van der Waals surface area contributed by atoms with Crippen molar-refractivity contribution in [2.45, 2.75) is 19.5 Å². The van der Waals surface area contributed by atoms with E-state index in [2.05, 4.69) is 5.32 Å². The van der Waals surface area contributed by atoms with E-state index in [0.717, 1.165) is 24.3 Å². The summed E-state index contributed by atoms with van der Waals surface area (Å²) in [4.78, 5) is 0. The van der Waals surface area contributed by atoms with Crippen molar-refractivity contribution in [3.05, 3.63) is 35.1 Å². The van der Waals surface area contributed by atoms with Gasteiger partial charge in [-0.05, 0) is 13.0 Å². The van der Waals surface area contributed by atoms with Gasteiger partial charge in [0.05, 0.1) is 19.3 Å². The van der Waals surface area contributed by atoms with E-state index < -0.39 is 0 Å². The number of nitrogens with one attached hydrogen (secondary N) is 1. The Kier molecular flexibility index (Phi) is 2.79. The lowest BCUT2D eigenvalue weighted by Crippen LogP contribution is -2.45. The largest absolute Gasteiger partial charge is 0.378 e. The lowest BCUT2D eigenvalue weighted by molar-refractivity contribution is -0.00588. The summed E-state index contributed by atoms with van der Waals surface area (Å²) in [7, 11) is 0. The number of aryl methyl sites for hydroxylation is 1. The molecular weight excluding hydrogens is 181 g/mol. The van der Waals surface area contributed by atoms with E-state index in [1.807, 2.05) is 13.0 Å². The Morgan fingerprint density at radius 2 is 2.29 bits per heavy atom. The van der Waals surface area contributed by atoms with E-state index in [1.165, 1.54) is 6.07 Å². The number of ether oxygens (including phenoxy) is 1. The Bertz CT molecular complexity index is 323. The van der Waals surface area contributed by atoms with Crippen LogP contribution in [0.25, 0.3) is 0 Å². The first-order chi connectivity index (χ1) is 6.75. The molecule has 0 atom stereocenters. The molecule has 0 saturated carbocycles. The molecule has 1 heterocycles. The predicted octanol–water partition coefficient (Wildman–Crippen LogP) is 1.62. The SMILES string of the molecule is Cc1ccc(F)c(CNC2COC2)c1. The van der Waals surface area contributed by atoms with Gasteiger partial charge in [-0.3, -0.25) is 0 Å². The first kappa shape index (κ1) is 9.62. The van der Waals surface area contributed by atoms with Crippen LogP contribution in [0, 0.1) is 12.7 Å². The maximum atomic E-state index is 13.3.